The van der Waals surface area contributed by atoms with Gasteiger partial charge in [-0.15, -0.1) is 0 Å². The SMILES string of the molecule is OP(O)O[PH](O)(O)O. The molecule has 0 saturated carbocycles. The van der Waals surface area contributed by atoms with Crippen LogP contribution in [0.1, 0.15) is 0 Å². The Morgan fingerprint density at radius 1 is 1.12 bits per heavy atom. The van der Waals surface area contributed by atoms with Gasteiger partial charge in [0.05, 0.1) is 0 Å². The number of hydrogen-bond donors (Lipinski definition) is 5. The predicted octanol–water partition coefficient (Wildman–Crippen LogP) is -1.40. The molecule has 0 aromatic rings. The molecule has 0 aliphatic heterocycles. The molecule has 0 aromatic carbocycles. The van der Waals surface area contributed by atoms with Gasteiger partial charge in [-0.25, -0.2) is 0 Å². The number of rotatable bonds is 2. The molecule has 0 unspecified atom stereocenters. The fourth-order valence-corrected chi connectivity index (χ4v) is 0.986. The summed E-state index contributed by atoms with van der Waals surface area (Å²) in [6.07, 6.45) is 0. The van der Waals surface area contributed by atoms with E-state index in [9.17, 15) is 0 Å². The molecule has 0 aliphatic carbocycles. The van der Waals surface area contributed by atoms with Crippen LogP contribution >= 0.6 is 16.8 Å². The van der Waals surface area contributed by atoms with Crippen molar-refractivity contribution in [3.63, 3.8) is 0 Å². The van der Waals surface area contributed by atoms with Crippen LogP contribution in [0, 0.1) is 0 Å². The van der Waals surface area contributed by atoms with Gasteiger partial charge in [0.2, 0.25) is 0 Å². The molecule has 8 heavy (non-hydrogen) atoms. The molecule has 6 nitrogen and oxygen atoms in total. The molecule has 0 atom stereocenters. The third-order valence-corrected chi connectivity index (χ3v) is 1.84. The van der Waals surface area contributed by atoms with E-state index in [4.69, 9.17) is 24.5 Å². The molecular weight excluding hydrogens is 158 g/mol. The van der Waals surface area contributed by atoms with E-state index >= 15 is 0 Å². The zero-order chi connectivity index (χ0) is 6.78. The van der Waals surface area contributed by atoms with Crippen molar-refractivity contribution in [2.24, 2.45) is 0 Å². The molecule has 52 valence electrons. The third kappa shape index (κ3) is 6.62. The molecule has 5 N–H and O–H groups in total. The van der Waals surface area contributed by atoms with Crippen molar-refractivity contribution >= 4 is 16.8 Å². The zero-order valence-corrected chi connectivity index (χ0v) is 5.49. The van der Waals surface area contributed by atoms with Gasteiger partial charge in [-0.2, -0.15) is 0 Å². The summed E-state index contributed by atoms with van der Waals surface area (Å²) >= 11 is 0. The van der Waals surface area contributed by atoms with E-state index in [2.05, 4.69) is 4.31 Å². The van der Waals surface area contributed by atoms with Crippen molar-refractivity contribution in [3.05, 3.63) is 0 Å². The van der Waals surface area contributed by atoms with Gasteiger partial charge in [0, 0.05) is 0 Å². The molecular formula is H6O6P2. The van der Waals surface area contributed by atoms with Crippen LogP contribution in [0.5, 0.6) is 0 Å². The topological polar surface area (TPSA) is 110 Å². The molecule has 0 aliphatic rings. The Kier molecular flexibility index (Phi) is 3.19. The summed E-state index contributed by atoms with van der Waals surface area (Å²) in [5, 5.41) is 0. The van der Waals surface area contributed by atoms with E-state index in [1.54, 1.807) is 0 Å². The predicted molar refractivity (Wildman–Crippen MR) is 27.4 cm³/mol. The third-order valence-electron chi connectivity index (χ3n) is 0.204. The minimum absolute atomic E-state index is 2.88. The summed E-state index contributed by atoms with van der Waals surface area (Å²) in [6.45, 7) is 0. The van der Waals surface area contributed by atoms with Crippen LogP contribution in [0.15, 0.2) is 0 Å². The van der Waals surface area contributed by atoms with E-state index in [-0.39, 0.29) is 0 Å². The summed E-state index contributed by atoms with van der Waals surface area (Å²) in [5.41, 5.74) is 0. The first-order chi connectivity index (χ1) is 3.42. The molecule has 0 rings (SSSR count). The minimum atomic E-state index is -4.69. The second kappa shape index (κ2) is 2.96. The van der Waals surface area contributed by atoms with Crippen molar-refractivity contribution in [1.82, 2.24) is 0 Å². The molecule has 0 saturated heterocycles. The maximum absolute atomic E-state index is 7.91. The van der Waals surface area contributed by atoms with E-state index in [1.165, 1.54) is 0 Å². The summed E-state index contributed by atoms with van der Waals surface area (Å²) in [7, 11) is -7.57. The zero-order valence-electron chi connectivity index (χ0n) is 3.59. The molecule has 8 heteroatoms. The van der Waals surface area contributed by atoms with Crippen LogP contribution in [0.4, 0.5) is 0 Å². The Hall–Kier alpha value is 0.620. The van der Waals surface area contributed by atoms with Crippen LogP contribution in [0.3, 0.4) is 0 Å². The van der Waals surface area contributed by atoms with E-state index in [1.807, 2.05) is 0 Å². The van der Waals surface area contributed by atoms with Gasteiger partial charge >= 0.3 is 45.6 Å². The second-order valence-electron chi connectivity index (χ2n) is 0.918. The first-order valence-corrected chi connectivity index (χ1v) is 4.37. The molecule has 0 amide bonds. The van der Waals surface area contributed by atoms with Crippen LogP contribution in [-0.4, -0.2) is 24.5 Å². The van der Waals surface area contributed by atoms with Crippen LogP contribution in [0.25, 0.3) is 0 Å². The fraction of sp³-hybridized carbons (Fsp3) is 0. The molecule has 0 bridgehead atoms. The molecule has 0 fully saturated rings. The Morgan fingerprint density at radius 3 is 1.50 bits per heavy atom. The summed E-state index contributed by atoms with van der Waals surface area (Å²) in [4.78, 5) is 39.4. The standard InChI is InChI=1S/H6O6P2/c1-7(2)6-8(3,4)5/h1-5,8H. The Balaban J connectivity index is 3.39. The summed E-state index contributed by atoms with van der Waals surface area (Å²) in [5.74, 6) is 0. The average molecular weight is 164 g/mol. The summed E-state index contributed by atoms with van der Waals surface area (Å²) in [6, 6.07) is 0. The Bertz CT molecular complexity index is 61.4. The molecule has 0 spiro atoms. The van der Waals surface area contributed by atoms with Gasteiger partial charge in [-0.3, -0.25) is 0 Å². The molecule has 0 aromatic heterocycles. The first-order valence-electron chi connectivity index (χ1n) is 1.46. The monoisotopic (exact) mass is 164 g/mol. The van der Waals surface area contributed by atoms with Gasteiger partial charge in [0.1, 0.15) is 0 Å². The quantitative estimate of drug-likeness (QED) is 0.321. The fourth-order valence-electron chi connectivity index (χ4n) is 0.110. The van der Waals surface area contributed by atoms with Gasteiger partial charge in [-0.1, -0.05) is 0 Å². The Morgan fingerprint density at radius 2 is 1.50 bits per heavy atom. The molecule has 0 heterocycles. The van der Waals surface area contributed by atoms with Crippen molar-refractivity contribution < 1.29 is 28.8 Å². The van der Waals surface area contributed by atoms with Gasteiger partial charge in [-0.05, 0) is 0 Å². The first kappa shape index (κ1) is 8.62. The van der Waals surface area contributed by atoms with Crippen LogP contribution in [-0.2, 0) is 4.31 Å². The maximum atomic E-state index is 7.91. The second-order valence-corrected chi connectivity index (χ2v) is 3.30. The van der Waals surface area contributed by atoms with E-state index in [0.29, 0.717) is 0 Å². The number of hydrogen-bond acceptors (Lipinski definition) is 6. The Labute approximate surface area is 46.6 Å². The average Bonchev–Trinajstić information content (AvgIpc) is 1.21. The van der Waals surface area contributed by atoms with Gasteiger partial charge < -0.3 is 0 Å². The van der Waals surface area contributed by atoms with Crippen LogP contribution < -0.4 is 0 Å². The van der Waals surface area contributed by atoms with Crippen LogP contribution in [0.2, 0.25) is 0 Å². The van der Waals surface area contributed by atoms with Crippen molar-refractivity contribution in [2.45, 2.75) is 0 Å². The van der Waals surface area contributed by atoms with Gasteiger partial charge in [0.25, 0.3) is 0 Å². The van der Waals surface area contributed by atoms with Crippen molar-refractivity contribution in [2.75, 3.05) is 0 Å². The van der Waals surface area contributed by atoms with Crippen molar-refractivity contribution in [1.29, 1.82) is 0 Å². The normalized spacial score (nSPS) is 14.8. The van der Waals surface area contributed by atoms with Crippen molar-refractivity contribution in [3.8, 4) is 0 Å². The van der Waals surface area contributed by atoms with Gasteiger partial charge in [0.15, 0.2) is 0 Å². The van der Waals surface area contributed by atoms with E-state index in [0.717, 1.165) is 0 Å². The van der Waals surface area contributed by atoms with E-state index < -0.39 is 16.8 Å². The summed E-state index contributed by atoms with van der Waals surface area (Å²) < 4.78 is 3.42. The molecule has 0 radical (unpaired) electrons.